The van der Waals surface area contributed by atoms with E-state index in [0.717, 1.165) is 24.0 Å². The van der Waals surface area contributed by atoms with Crippen LogP contribution in [0.1, 0.15) is 71.4 Å². The van der Waals surface area contributed by atoms with Gasteiger partial charge in [-0.05, 0) is 63.3 Å². The number of rotatable bonds is 2. The molecule has 3 heterocycles. The molecule has 0 aromatic carbocycles. The lowest BCUT2D eigenvalue weighted by Crippen LogP contribution is -2.52. The molecule has 3 rings (SSSR count). The number of amides is 1. The third-order valence-electron chi connectivity index (χ3n) is 5.39. The molecule has 2 saturated heterocycles. The van der Waals surface area contributed by atoms with Crippen molar-refractivity contribution in [2.75, 3.05) is 0 Å². The van der Waals surface area contributed by atoms with Crippen LogP contribution in [-0.4, -0.2) is 38.9 Å². The highest BCUT2D eigenvalue weighted by atomic mass is 32.2. The Balaban J connectivity index is 1.83. The number of fused-ring (bicyclic) bond motifs is 2. The van der Waals surface area contributed by atoms with Gasteiger partial charge in [-0.3, -0.25) is 4.98 Å². The molecule has 0 radical (unpaired) electrons. The minimum atomic E-state index is -0.639. The summed E-state index contributed by atoms with van der Waals surface area (Å²) in [5.41, 5.74) is 0.570. The van der Waals surface area contributed by atoms with Crippen LogP contribution in [-0.2, 0) is 10.2 Å². The van der Waals surface area contributed by atoms with Gasteiger partial charge in [0.1, 0.15) is 5.60 Å². The monoisotopic (exact) mass is 411 g/mol. The lowest BCUT2D eigenvalue weighted by atomic mass is 9.71. The van der Waals surface area contributed by atoms with E-state index in [1.165, 1.54) is 0 Å². The molecule has 1 amide bonds. The van der Waals surface area contributed by atoms with Crippen LogP contribution in [0.4, 0.5) is 4.79 Å². The highest BCUT2D eigenvalue weighted by molar-refractivity contribution is 8.04. The van der Waals surface area contributed by atoms with Crippen molar-refractivity contribution in [3.63, 3.8) is 0 Å². The molecule has 6 heteroatoms. The molecular formula is C23H29N3O2S. The van der Waals surface area contributed by atoms with Crippen LogP contribution in [0.2, 0.25) is 0 Å². The van der Waals surface area contributed by atoms with E-state index in [9.17, 15) is 10.1 Å². The Hall–Kier alpha value is -2.18. The van der Waals surface area contributed by atoms with Crippen LogP contribution in [0, 0.1) is 22.5 Å². The molecule has 2 bridgehead atoms. The number of carbonyl (C=O) groups excluding carboxylic acids is 1. The zero-order valence-corrected chi connectivity index (χ0v) is 18.7. The van der Waals surface area contributed by atoms with Gasteiger partial charge < -0.3 is 9.64 Å². The highest BCUT2D eigenvalue weighted by Crippen LogP contribution is 2.47. The molecular weight excluding hydrogens is 382 g/mol. The summed E-state index contributed by atoms with van der Waals surface area (Å²) in [6.07, 6.45) is 6.30. The number of nitriles is 1. The Labute approximate surface area is 178 Å². The van der Waals surface area contributed by atoms with E-state index < -0.39 is 11.0 Å². The summed E-state index contributed by atoms with van der Waals surface area (Å²) < 4.78 is 5.62. The van der Waals surface area contributed by atoms with E-state index in [1.54, 1.807) is 24.2 Å². The molecule has 2 aliphatic heterocycles. The average molecular weight is 412 g/mol. The fraction of sp³-hybridized carbons (Fsp3) is 0.609. The maximum Gasteiger partial charge on any atom is 0.410 e. The smallest absolute Gasteiger partial charge is 0.410 e. The topological polar surface area (TPSA) is 66.2 Å². The largest absolute Gasteiger partial charge is 0.444 e. The number of pyridine rings is 1. The normalized spacial score (nSPS) is 25.9. The fourth-order valence-electron chi connectivity index (χ4n) is 4.23. The van der Waals surface area contributed by atoms with Crippen LogP contribution in [0.15, 0.2) is 18.5 Å². The molecule has 0 aliphatic carbocycles. The molecule has 2 fully saturated rings. The standard InChI is InChI=1S/C23H29N3O2S/c1-16(2)29-9-8-17-10-18(14-25-13-17)23(15-24)11-19-6-7-20(12-23)26(19)21(27)28-22(3,4)5/h10,13-14,16,19-20H,6-7,11-12H2,1-5H3/t19-,20+,23-. The average Bonchev–Trinajstić information content (AvgIpc) is 2.91. The number of thioether (sulfide) groups is 1. The minimum absolute atomic E-state index is 0.0227. The first-order chi connectivity index (χ1) is 13.6. The van der Waals surface area contributed by atoms with Gasteiger partial charge in [-0.1, -0.05) is 31.5 Å². The molecule has 0 saturated carbocycles. The number of hydrogen-bond donors (Lipinski definition) is 0. The maximum absolute atomic E-state index is 12.7. The first kappa shape index (κ1) is 21.5. The van der Waals surface area contributed by atoms with Gasteiger partial charge in [0.05, 0.1) is 11.5 Å². The second-order valence-electron chi connectivity index (χ2n) is 9.23. The Morgan fingerprint density at radius 2 is 1.97 bits per heavy atom. The van der Waals surface area contributed by atoms with Gasteiger partial charge in [-0.2, -0.15) is 5.26 Å². The number of aromatic nitrogens is 1. The predicted octanol–water partition coefficient (Wildman–Crippen LogP) is 4.86. The summed E-state index contributed by atoms with van der Waals surface area (Å²) in [5.74, 6) is 3.14. The van der Waals surface area contributed by atoms with Gasteiger partial charge in [0, 0.05) is 35.3 Å². The third kappa shape index (κ3) is 4.87. The van der Waals surface area contributed by atoms with Gasteiger partial charge >= 0.3 is 6.09 Å². The van der Waals surface area contributed by atoms with Crippen molar-refractivity contribution >= 4 is 17.9 Å². The molecule has 1 aromatic rings. The second kappa shape index (κ2) is 8.28. The summed E-state index contributed by atoms with van der Waals surface area (Å²) in [5, 5.41) is 13.7. The van der Waals surface area contributed by atoms with Crippen molar-refractivity contribution < 1.29 is 9.53 Å². The lowest BCUT2D eigenvalue weighted by Gasteiger charge is -2.43. The van der Waals surface area contributed by atoms with Crippen molar-refractivity contribution in [1.82, 2.24) is 9.88 Å². The first-order valence-electron chi connectivity index (χ1n) is 10.2. The van der Waals surface area contributed by atoms with E-state index in [-0.39, 0.29) is 18.2 Å². The lowest BCUT2D eigenvalue weighted by molar-refractivity contribution is 0.00232. The van der Waals surface area contributed by atoms with Crippen LogP contribution in [0.5, 0.6) is 0 Å². The van der Waals surface area contributed by atoms with E-state index in [1.807, 2.05) is 31.7 Å². The summed E-state index contributed by atoms with van der Waals surface area (Å²) >= 11 is 1.58. The van der Waals surface area contributed by atoms with E-state index >= 15 is 0 Å². The Morgan fingerprint density at radius 1 is 1.31 bits per heavy atom. The van der Waals surface area contributed by atoms with Crippen molar-refractivity contribution in [2.24, 2.45) is 0 Å². The van der Waals surface area contributed by atoms with E-state index in [2.05, 4.69) is 36.1 Å². The molecule has 29 heavy (non-hydrogen) atoms. The quantitative estimate of drug-likeness (QED) is 0.651. The van der Waals surface area contributed by atoms with Crippen molar-refractivity contribution in [3.05, 3.63) is 29.6 Å². The summed E-state index contributed by atoms with van der Waals surface area (Å²) in [6.45, 7) is 9.85. The van der Waals surface area contributed by atoms with Crippen LogP contribution < -0.4 is 0 Å². The molecule has 0 spiro atoms. The first-order valence-corrected chi connectivity index (χ1v) is 11.1. The van der Waals surface area contributed by atoms with Crippen LogP contribution in [0.3, 0.4) is 0 Å². The van der Waals surface area contributed by atoms with Crippen molar-refractivity contribution in [2.45, 2.75) is 88.7 Å². The Morgan fingerprint density at radius 3 is 2.52 bits per heavy atom. The van der Waals surface area contributed by atoms with Gasteiger partial charge in [0.25, 0.3) is 0 Å². The zero-order chi connectivity index (χ0) is 21.2. The SMILES string of the molecule is CC(C)SC#Cc1cncc([C@]2(C#N)C[C@H]3CC[C@@H](C2)N3C(=O)OC(C)(C)C)c1. The molecule has 1 aromatic heterocycles. The summed E-state index contributed by atoms with van der Waals surface area (Å²) in [6, 6.07) is 4.61. The second-order valence-corrected chi connectivity index (χ2v) is 10.6. The molecule has 0 unspecified atom stereocenters. The van der Waals surface area contributed by atoms with Crippen molar-refractivity contribution in [3.8, 4) is 17.2 Å². The predicted molar refractivity (Wildman–Crippen MR) is 115 cm³/mol. The molecule has 5 nitrogen and oxygen atoms in total. The third-order valence-corrected chi connectivity index (χ3v) is 6.08. The maximum atomic E-state index is 12.7. The van der Waals surface area contributed by atoms with E-state index in [4.69, 9.17) is 4.74 Å². The van der Waals surface area contributed by atoms with Gasteiger partial charge in [-0.25, -0.2) is 4.79 Å². The Bertz CT molecular complexity index is 859. The minimum Gasteiger partial charge on any atom is -0.444 e. The number of nitrogens with zero attached hydrogens (tertiary/aromatic N) is 3. The number of carbonyl (C=O) groups is 1. The summed E-state index contributed by atoms with van der Waals surface area (Å²) in [4.78, 5) is 19.0. The van der Waals surface area contributed by atoms with Gasteiger partial charge in [-0.15, -0.1) is 0 Å². The molecule has 3 atom stereocenters. The van der Waals surface area contributed by atoms with E-state index in [0.29, 0.717) is 18.1 Å². The number of piperidine rings is 1. The molecule has 0 N–H and O–H groups in total. The Kier molecular flexibility index (Phi) is 6.15. The fourth-order valence-corrected chi connectivity index (χ4v) is 4.64. The summed E-state index contributed by atoms with van der Waals surface area (Å²) in [7, 11) is 0. The highest BCUT2D eigenvalue weighted by Gasteiger charge is 2.52. The number of ether oxygens (including phenoxy) is 1. The van der Waals surface area contributed by atoms with Crippen LogP contribution in [0.25, 0.3) is 0 Å². The zero-order valence-electron chi connectivity index (χ0n) is 17.9. The van der Waals surface area contributed by atoms with Crippen LogP contribution >= 0.6 is 11.8 Å². The van der Waals surface area contributed by atoms with Gasteiger partial charge in [0.2, 0.25) is 0 Å². The van der Waals surface area contributed by atoms with Crippen molar-refractivity contribution in [1.29, 1.82) is 5.26 Å². The molecule has 2 aliphatic rings. The number of hydrogen-bond acceptors (Lipinski definition) is 5. The molecule has 154 valence electrons. The van der Waals surface area contributed by atoms with Gasteiger partial charge in [0.15, 0.2) is 0 Å².